The van der Waals surface area contributed by atoms with Crippen molar-refractivity contribution >= 4 is 16.8 Å². The van der Waals surface area contributed by atoms with Crippen LogP contribution in [-0.2, 0) is 20.3 Å². The van der Waals surface area contributed by atoms with Crippen molar-refractivity contribution in [3.05, 3.63) is 18.2 Å². The van der Waals surface area contributed by atoms with Gasteiger partial charge in [0.25, 0.3) is 0 Å². The highest BCUT2D eigenvalue weighted by Gasteiger charge is 2.27. The molecule has 1 heterocycles. The lowest BCUT2D eigenvalue weighted by Gasteiger charge is -2.13. The zero-order valence-electron chi connectivity index (χ0n) is 11.0. The Morgan fingerprint density at radius 3 is 2.75 bits per heavy atom. The SMILES string of the molecule is COCC(C(=O)O)S(=O)c1ccc2c(c1)OCCCO2. The number of fused-ring (bicyclic) bond motifs is 1. The van der Waals surface area contributed by atoms with Gasteiger partial charge in [-0.05, 0) is 12.1 Å². The van der Waals surface area contributed by atoms with Crippen LogP contribution >= 0.6 is 0 Å². The first-order chi connectivity index (χ1) is 9.63. The minimum Gasteiger partial charge on any atom is -0.490 e. The van der Waals surface area contributed by atoms with E-state index in [1.165, 1.54) is 7.11 Å². The number of carboxylic acids is 1. The molecule has 2 atom stereocenters. The molecule has 0 saturated carbocycles. The van der Waals surface area contributed by atoms with Crippen LogP contribution in [0, 0.1) is 0 Å². The molecule has 110 valence electrons. The number of carbonyl (C=O) groups is 1. The molecule has 2 rings (SSSR count). The molecular weight excluding hydrogens is 284 g/mol. The van der Waals surface area contributed by atoms with Crippen LogP contribution in [0.25, 0.3) is 0 Å². The number of rotatable bonds is 5. The van der Waals surface area contributed by atoms with Gasteiger partial charge in [-0.15, -0.1) is 0 Å². The lowest BCUT2D eigenvalue weighted by molar-refractivity contribution is -0.137. The molecule has 6 nitrogen and oxygen atoms in total. The molecule has 1 aromatic carbocycles. The summed E-state index contributed by atoms with van der Waals surface area (Å²) in [6.07, 6.45) is 0.772. The maximum atomic E-state index is 12.3. The van der Waals surface area contributed by atoms with Crippen LogP contribution in [0.3, 0.4) is 0 Å². The molecule has 7 heteroatoms. The minimum atomic E-state index is -1.71. The van der Waals surface area contributed by atoms with Crippen LogP contribution in [0.15, 0.2) is 23.1 Å². The summed E-state index contributed by atoms with van der Waals surface area (Å²) in [4.78, 5) is 11.5. The number of hydrogen-bond acceptors (Lipinski definition) is 5. The number of carboxylic acid groups (broad SMARTS) is 1. The van der Waals surface area contributed by atoms with Crippen molar-refractivity contribution in [3.8, 4) is 11.5 Å². The topological polar surface area (TPSA) is 82.1 Å². The number of methoxy groups -OCH3 is 1. The molecule has 1 aliphatic heterocycles. The summed E-state index contributed by atoms with van der Waals surface area (Å²) in [5, 5.41) is 7.98. The maximum absolute atomic E-state index is 12.3. The Balaban J connectivity index is 2.26. The Hall–Kier alpha value is -1.60. The molecule has 1 aromatic rings. The Morgan fingerprint density at radius 1 is 1.40 bits per heavy atom. The highest BCUT2D eigenvalue weighted by Crippen LogP contribution is 2.32. The van der Waals surface area contributed by atoms with Crippen molar-refractivity contribution in [1.82, 2.24) is 0 Å². The molecule has 0 aromatic heterocycles. The molecule has 20 heavy (non-hydrogen) atoms. The van der Waals surface area contributed by atoms with Gasteiger partial charge in [-0.2, -0.15) is 0 Å². The first-order valence-corrected chi connectivity index (χ1v) is 7.36. The van der Waals surface area contributed by atoms with E-state index in [1.54, 1.807) is 18.2 Å². The van der Waals surface area contributed by atoms with Crippen molar-refractivity contribution in [2.75, 3.05) is 26.9 Å². The summed E-state index contributed by atoms with van der Waals surface area (Å²) in [5.74, 6) is -0.0749. The van der Waals surface area contributed by atoms with Crippen LogP contribution in [0.4, 0.5) is 0 Å². The quantitative estimate of drug-likeness (QED) is 0.875. The van der Waals surface area contributed by atoms with E-state index in [2.05, 4.69) is 0 Å². The van der Waals surface area contributed by atoms with Gasteiger partial charge in [-0.3, -0.25) is 9.00 Å². The van der Waals surface area contributed by atoms with Crippen LogP contribution in [0.2, 0.25) is 0 Å². The van der Waals surface area contributed by atoms with Gasteiger partial charge in [-0.25, -0.2) is 0 Å². The monoisotopic (exact) mass is 300 g/mol. The molecule has 2 unspecified atom stereocenters. The number of ether oxygens (including phenoxy) is 3. The summed E-state index contributed by atoms with van der Waals surface area (Å²) in [7, 11) is -0.339. The first kappa shape index (κ1) is 14.8. The van der Waals surface area contributed by atoms with Gasteiger partial charge in [0.1, 0.15) is 0 Å². The second-order valence-electron chi connectivity index (χ2n) is 4.24. The van der Waals surface area contributed by atoms with Crippen molar-refractivity contribution in [3.63, 3.8) is 0 Å². The third-order valence-corrected chi connectivity index (χ3v) is 4.38. The van der Waals surface area contributed by atoms with Crippen molar-refractivity contribution in [2.45, 2.75) is 16.6 Å². The predicted octanol–water partition coefficient (Wildman–Crippen LogP) is 1.06. The Labute approximate surface area is 119 Å². The summed E-state index contributed by atoms with van der Waals surface area (Å²) in [5.41, 5.74) is 0. The Bertz CT molecular complexity index is 516. The molecule has 0 radical (unpaired) electrons. The van der Waals surface area contributed by atoms with Crippen molar-refractivity contribution in [2.24, 2.45) is 0 Å². The zero-order chi connectivity index (χ0) is 14.5. The van der Waals surface area contributed by atoms with Gasteiger partial charge in [0, 0.05) is 24.5 Å². The molecule has 0 saturated heterocycles. The third-order valence-electron chi connectivity index (χ3n) is 2.80. The van der Waals surface area contributed by atoms with Crippen molar-refractivity contribution in [1.29, 1.82) is 0 Å². The molecule has 1 N–H and O–H groups in total. The average molecular weight is 300 g/mol. The zero-order valence-corrected chi connectivity index (χ0v) is 11.9. The highest BCUT2D eigenvalue weighted by atomic mass is 32.2. The normalized spacial score (nSPS) is 17.1. The van der Waals surface area contributed by atoms with Crippen LogP contribution < -0.4 is 9.47 Å². The predicted molar refractivity (Wildman–Crippen MR) is 71.8 cm³/mol. The fourth-order valence-electron chi connectivity index (χ4n) is 1.81. The van der Waals surface area contributed by atoms with E-state index in [4.69, 9.17) is 19.3 Å². The third kappa shape index (κ3) is 3.29. The lowest BCUT2D eigenvalue weighted by atomic mass is 10.3. The fraction of sp³-hybridized carbons (Fsp3) is 0.462. The minimum absolute atomic E-state index is 0.115. The molecule has 0 amide bonds. The molecule has 1 aliphatic rings. The van der Waals surface area contributed by atoms with E-state index in [0.717, 1.165) is 6.42 Å². The summed E-state index contributed by atoms with van der Waals surface area (Å²) < 4.78 is 28.1. The van der Waals surface area contributed by atoms with Crippen LogP contribution in [0.1, 0.15) is 6.42 Å². The Kier molecular flexibility index (Phi) is 4.97. The second kappa shape index (κ2) is 6.71. The van der Waals surface area contributed by atoms with Gasteiger partial charge in [0.2, 0.25) is 0 Å². The van der Waals surface area contributed by atoms with E-state index in [1.807, 2.05) is 0 Å². The van der Waals surface area contributed by atoms with Gasteiger partial charge in [-0.1, -0.05) is 0 Å². The van der Waals surface area contributed by atoms with E-state index in [-0.39, 0.29) is 6.61 Å². The number of aliphatic carboxylic acids is 1. The summed E-state index contributed by atoms with van der Waals surface area (Å²) in [6, 6.07) is 4.82. The fourth-order valence-corrected chi connectivity index (χ4v) is 3.01. The van der Waals surface area contributed by atoms with E-state index < -0.39 is 22.0 Å². The number of benzene rings is 1. The largest absolute Gasteiger partial charge is 0.490 e. The molecule has 0 spiro atoms. The molecule has 0 fully saturated rings. The molecular formula is C13H16O6S. The van der Waals surface area contributed by atoms with E-state index in [9.17, 15) is 9.00 Å². The lowest BCUT2D eigenvalue weighted by Crippen LogP contribution is -2.30. The second-order valence-corrected chi connectivity index (χ2v) is 5.87. The summed E-state index contributed by atoms with van der Waals surface area (Å²) >= 11 is 0. The summed E-state index contributed by atoms with van der Waals surface area (Å²) in [6.45, 7) is 0.969. The van der Waals surface area contributed by atoms with Gasteiger partial charge >= 0.3 is 5.97 Å². The van der Waals surface area contributed by atoms with Crippen LogP contribution in [-0.4, -0.2) is 47.5 Å². The smallest absolute Gasteiger partial charge is 0.322 e. The van der Waals surface area contributed by atoms with E-state index in [0.29, 0.717) is 29.6 Å². The Morgan fingerprint density at radius 2 is 2.10 bits per heavy atom. The highest BCUT2D eigenvalue weighted by molar-refractivity contribution is 7.86. The molecule has 0 aliphatic carbocycles. The van der Waals surface area contributed by atoms with Gasteiger partial charge in [0.15, 0.2) is 16.7 Å². The average Bonchev–Trinajstić information content (AvgIpc) is 2.68. The van der Waals surface area contributed by atoms with Crippen LogP contribution in [0.5, 0.6) is 11.5 Å². The number of hydrogen-bond donors (Lipinski definition) is 1. The first-order valence-electron chi connectivity index (χ1n) is 6.15. The maximum Gasteiger partial charge on any atom is 0.322 e. The van der Waals surface area contributed by atoms with E-state index >= 15 is 0 Å². The van der Waals surface area contributed by atoms with Crippen molar-refractivity contribution < 1.29 is 28.3 Å². The molecule has 0 bridgehead atoms. The van der Waals surface area contributed by atoms with Gasteiger partial charge in [0.05, 0.1) is 30.6 Å². The standard InChI is InChI=1S/C13H16O6S/c1-17-8-12(13(14)15)20(16)9-3-4-10-11(7-9)19-6-2-5-18-10/h3-4,7,12H,2,5-6,8H2,1H3,(H,14,15). The van der Waals surface area contributed by atoms with Gasteiger partial charge < -0.3 is 19.3 Å².